The molecular weight excluding hydrogens is 230 g/mol. The molecule has 88 valence electrons. The fraction of sp³-hybridized carbons (Fsp3) is 0.600. The average Bonchev–Trinajstić information content (AvgIpc) is 2.84. The van der Waals surface area contributed by atoms with Crippen LogP contribution >= 0.6 is 11.6 Å². The summed E-state index contributed by atoms with van der Waals surface area (Å²) in [4.78, 5) is 11.2. The van der Waals surface area contributed by atoms with Crippen molar-refractivity contribution in [2.24, 2.45) is 0 Å². The Kier molecular flexibility index (Phi) is 2.90. The van der Waals surface area contributed by atoms with Gasteiger partial charge in [-0.05, 0) is 26.3 Å². The molecule has 1 saturated carbocycles. The van der Waals surface area contributed by atoms with Crippen LogP contribution in [-0.2, 0) is 4.79 Å². The minimum atomic E-state index is -0.816. The van der Waals surface area contributed by atoms with E-state index in [0.717, 1.165) is 6.42 Å². The van der Waals surface area contributed by atoms with Gasteiger partial charge in [-0.25, -0.2) is 0 Å². The average molecular weight is 244 g/mol. The second kappa shape index (κ2) is 4.07. The Labute approximate surface area is 98.4 Å². The fourth-order valence-corrected chi connectivity index (χ4v) is 2.43. The van der Waals surface area contributed by atoms with Crippen molar-refractivity contribution < 1.29 is 9.90 Å². The van der Waals surface area contributed by atoms with E-state index in [-0.39, 0.29) is 6.04 Å². The Bertz CT molecular complexity index is 407. The molecule has 0 bridgehead atoms. The molecule has 6 heteroatoms. The normalized spacial score (nSPS) is 29.5. The number of carboxylic acids is 1. The Balaban J connectivity index is 2.16. The Morgan fingerprint density at radius 1 is 1.81 bits per heavy atom. The van der Waals surface area contributed by atoms with Gasteiger partial charge >= 0.3 is 5.97 Å². The largest absolute Gasteiger partial charge is 0.480 e. The highest BCUT2D eigenvalue weighted by Crippen LogP contribution is 2.37. The predicted molar refractivity (Wildman–Crippen MR) is 59.6 cm³/mol. The van der Waals surface area contributed by atoms with Crippen LogP contribution in [0, 0.1) is 0 Å². The molecule has 1 aromatic heterocycles. The molecule has 2 N–H and O–H groups in total. The summed E-state index contributed by atoms with van der Waals surface area (Å²) in [6.45, 7) is 0. The number of hydrogen-bond acceptors (Lipinski definition) is 3. The smallest absolute Gasteiger partial charge is 0.323 e. The van der Waals surface area contributed by atoms with Crippen LogP contribution in [-0.4, -0.2) is 33.4 Å². The van der Waals surface area contributed by atoms with Gasteiger partial charge in [0.05, 0.1) is 17.3 Å². The van der Waals surface area contributed by atoms with E-state index in [9.17, 15) is 9.90 Å². The molecular formula is C10H14ClN3O2. The predicted octanol–water partition coefficient (Wildman–Crippen LogP) is 1.30. The van der Waals surface area contributed by atoms with Crippen molar-refractivity contribution in [1.82, 2.24) is 15.1 Å². The van der Waals surface area contributed by atoms with Crippen LogP contribution in [0.1, 0.15) is 25.3 Å². The minimum absolute atomic E-state index is 0.107. The molecule has 1 aliphatic rings. The first-order valence-corrected chi connectivity index (χ1v) is 5.57. The molecule has 1 aromatic rings. The fourth-order valence-electron chi connectivity index (χ4n) is 2.29. The number of aliphatic carboxylic acids is 1. The topological polar surface area (TPSA) is 67.2 Å². The van der Waals surface area contributed by atoms with Crippen molar-refractivity contribution >= 4 is 17.6 Å². The van der Waals surface area contributed by atoms with Gasteiger partial charge in [-0.2, -0.15) is 5.10 Å². The third-order valence-electron chi connectivity index (χ3n) is 3.32. The molecule has 2 rings (SSSR count). The van der Waals surface area contributed by atoms with Crippen LogP contribution in [0.4, 0.5) is 0 Å². The van der Waals surface area contributed by atoms with Crippen LogP contribution < -0.4 is 5.32 Å². The highest BCUT2D eigenvalue weighted by molar-refractivity contribution is 6.30. The highest BCUT2D eigenvalue weighted by Gasteiger charge is 2.45. The van der Waals surface area contributed by atoms with Gasteiger partial charge in [0.1, 0.15) is 5.54 Å². The number of carbonyl (C=O) groups is 1. The van der Waals surface area contributed by atoms with Gasteiger partial charge < -0.3 is 10.4 Å². The summed E-state index contributed by atoms with van der Waals surface area (Å²) < 4.78 is 1.75. The maximum absolute atomic E-state index is 11.2. The molecule has 0 saturated heterocycles. The summed E-state index contributed by atoms with van der Waals surface area (Å²) in [5.74, 6) is -0.796. The molecule has 0 amide bonds. The zero-order valence-corrected chi connectivity index (χ0v) is 9.74. The van der Waals surface area contributed by atoms with Crippen molar-refractivity contribution in [2.75, 3.05) is 7.05 Å². The molecule has 1 fully saturated rings. The maximum atomic E-state index is 11.2. The molecule has 0 aromatic carbocycles. The van der Waals surface area contributed by atoms with Crippen LogP contribution in [0.2, 0.25) is 5.02 Å². The van der Waals surface area contributed by atoms with Crippen LogP contribution in [0.25, 0.3) is 0 Å². The van der Waals surface area contributed by atoms with Crippen molar-refractivity contribution in [3.05, 3.63) is 17.4 Å². The van der Waals surface area contributed by atoms with Gasteiger partial charge in [0.15, 0.2) is 0 Å². The molecule has 0 aliphatic heterocycles. The number of nitrogens with zero attached hydrogens (tertiary/aromatic N) is 2. The minimum Gasteiger partial charge on any atom is -0.480 e. The number of likely N-dealkylation sites (N-methyl/N-ethyl adjacent to an activating group) is 1. The number of rotatable bonds is 3. The van der Waals surface area contributed by atoms with Crippen molar-refractivity contribution in [3.8, 4) is 0 Å². The van der Waals surface area contributed by atoms with E-state index in [2.05, 4.69) is 10.4 Å². The van der Waals surface area contributed by atoms with E-state index in [1.165, 1.54) is 0 Å². The van der Waals surface area contributed by atoms with Gasteiger partial charge in [0.2, 0.25) is 0 Å². The lowest BCUT2D eigenvalue weighted by Gasteiger charge is -2.23. The van der Waals surface area contributed by atoms with Gasteiger partial charge in [-0.3, -0.25) is 9.48 Å². The van der Waals surface area contributed by atoms with Crippen LogP contribution in [0.15, 0.2) is 12.4 Å². The molecule has 5 nitrogen and oxygen atoms in total. The number of hydrogen-bond donors (Lipinski definition) is 2. The zero-order chi connectivity index (χ0) is 11.8. The van der Waals surface area contributed by atoms with Crippen molar-refractivity contribution in [3.63, 3.8) is 0 Å². The first-order valence-electron chi connectivity index (χ1n) is 5.19. The van der Waals surface area contributed by atoms with E-state index >= 15 is 0 Å². The van der Waals surface area contributed by atoms with Crippen molar-refractivity contribution in [2.45, 2.75) is 30.8 Å². The molecule has 16 heavy (non-hydrogen) atoms. The van der Waals surface area contributed by atoms with Gasteiger partial charge in [-0.15, -0.1) is 0 Å². The van der Waals surface area contributed by atoms with E-state index in [1.54, 1.807) is 24.1 Å². The van der Waals surface area contributed by atoms with Crippen LogP contribution in [0.3, 0.4) is 0 Å². The number of halogens is 1. The first kappa shape index (κ1) is 11.4. The van der Waals surface area contributed by atoms with E-state index < -0.39 is 11.5 Å². The molecule has 0 radical (unpaired) electrons. The lowest BCUT2D eigenvalue weighted by atomic mass is 9.98. The van der Waals surface area contributed by atoms with E-state index in [0.29, 0.717) is 17.9 Å². The Morgan fingerprint density at radius 2 is 2.56 bits per heavy atom. The van der Waals surface area contributed by atoms with Crippen LogP contribution in [0.5, 0.6) is 0 Å². The summed E-state index contributed by atoms with van der Waals surface area (Å²) in [6, 6.07) is 0.107. The second-order valence-corrected chi connectivity index (χ2v) is 4.61. The number of carboxylic acid groups (broad SMARTS) is 1. The molecule has 0 spiro atoms. The number of aromatic nitrogens is 2. The van der Waals surface area contributed by atoms with Gasteiger partial charge in [-0.1, -0.05) is 11.6 Å². The SMILES string of the molecule is CNC1(C(=O)O)CCC(n2cc(Cl)cn2)C1. The van der Waals surface area contributed by atoms with Gasteiger partial charge in [0.25, 0.3) is 0 Å². The first-order chi connectivity index (χ1) is 7.57. The maximum Gasteiger partial charge on any atom is 0.323 e. The summed E-state index contributed by atoms with van der Waals surface area (Å²) in [7, 11) is 1.69. The Morgan fingerprint density at radius 3 is 3.00 bits per heavy atom. The highest BCUT2D eigenvalue weighted by atomic mass is 35.5. The summed E-state index contributed by atoms with van der Waals surface area (Å²) in [5, 5.41) is 16.8. The molecule has 2 unspecified atom stereocenters. The summed E-state index contributed by atoms with van der Waals surface area (Å²) >= 11 is 5.79. The summed E-state index contributed by atoms with van der Waals surface area (Å²) in [5.41, 5.74) is -0.816. The third-order valence-corrected chi connectivity index (χ3v) is 3.52. The lowest BCUT2D eigenvalue weighted by molar-refractivity contribution is -0.144. The second-order valence-electron chi connectivity index (χ2n) is 4.17. The van der Waals surface area contributed by atoms with E-state index in [4.69, 9.17) is 11.6 Å². The number of nitrogens with one attached hydrogen (secondary N) is 1. The standard InChI is InChI=1S/C10H14ClN3O2/c1-12-10(9(15)16)3-2-8(4-10)14-6-7(11)5-13-14/h5-6,8,12H,2-4H2,1H3,(H,15,16). The summed E-state index contributed by atoms with van der Waals surface area (Å²) in [6.07, 6.45) is 5.25. The molecule has 1 aliphatic carbocycles. The third kappa shape index (κ3) is 1.81. The Hall–Kier alpha value is -1.07. The molecule has 1 heterocycles. The zero-order valence-electron chi connectivity index (χ0n) is 8.98. The quantitative estimate of drug-likeness (QED) is 0.840. The lowest BCUT2D eigenvalue weighted by Crippen LogP contribution is -2.48. The monoisotopic (exact) mass is 243 g/mol. The molecule has 2 atom stereocenters. The van der Waals surface area contributed by atoms with E-state index in [1.807, 2.05) is 0 Å². The van der Waals surface area contributed by atoms with Gasteiger partial charge in [0, 0.05) is 6.20 Å². The van der Waals surface area contributed by atoms with Crippen molar-refractivity contribution in [1.29, 1.82) is 0 Å².